The number of para-hydroxylation sites is 1. The van der Waals surface area contributed by atoms with E-state index in [1.165, 1.54) is 0 Å². The van der Waals surface area contributed by atoms with E-state index in [1.54, 1.807) is 42.5 Å². The third-order valence-corrected chi connectivity index (χ3v) is 3.65. The van der Waals surface area contributed by atoms with Crippen LogP contribution in [-0.2, 0) is 0 Å². The van der Waals surface area contributed by atoms with Crippen LogP contribution in [0.4, 0.5) is 5.69 Å². The Kier molecular flexibility index (Phi) is 3.38. The summed E-state index contributed by atoms with van der Waals surface area (Å²) in [6.45, 7) is 0.964. The number of anilines is 1. The molecule has 0 atom stereocenters. The molecular weight excluding hydrogens is 310 g/mol. The Labute approximate surface area is 136 Å². The van der Waals surface area contributed by atoms with Gasteiger partial charge in [-0.2, -0.15) is 4.98 Å². The molecule has 2 heterocycles. The number of ether oxygens (including phenoxy) is 2. The lowest BCUT2D eigenvalue weighted by atomic mass is 10.1. The van der Waals surface area contributed by atoms with E-state index in [-0.39, 0.29) is 5.69 Å². The van der Waals surface area contributed by atoms with Crippen LogP contribution < -0.4 is 20.5 Å². The average Bonchev–Trinajstić information content (AvgIpc) is 2.60. The van der Waals surface area contributed by atoms with E-state index in [9.17, 15) is 9.59 Å². The van der Waals surface area contributed by atoms with Crippen molar-refractivity contribution in [3.05, 3.63) is 58.6 Å². The number of H-pyrrole nitrogens is 1. The first-order valence-corrected chi connectivity index (χ1v) is 7.41. The summed E-state index contributed by atoms with van der Waals surface area (Å²) in [7, 11) is 0. The topological polar surface area (TPSA) is 93.3 Å². The van der Waals surface area contributed by atoms with Crippen molar-refractivity contribution in [1.82, 2.24) is 9.97 Å². The molecule has 3 aromatic rings. The zero-order valence-corrected chi connectivity index (χ0v) is 12.5. The number of hydrogen-bond donors (Lipinski definition) is 2. The van der Waals surface area contributed by atoms with Crippen molar-refractivity contribution in [1.29, 1.82) is 0 Å². The Hall–Kier alpha value is -3.35. The molecule has 120 valence electrons. The fraction of sp³-hybridized carbons (Fsp3) is 0.118. The molecule has 7 heteroatoms. The van der Waals surface area contributed by atoms with Crippen molar-refractivity contribution in [3.63, 3.8) is 0 Å². The van der Waals surface area contributed by atoms with Crippen LogP contribution in [0.2, 0.25) is 0 Å². The molecule has 1 aliphatic rings. The van der Waals surface area contributed by atoms with Crippen molar-refractivity contribution in [2.45, 2.75) is 0 Å². The summed E-state index contributed by atoms with van der Waals surface area (Å²) in [5.41, 5.74) is 0.602. The maximum atomic E-state index is 12.5. The molecule has 0 fully saturated rings. The highest BCUT2D eigenvalue weighted by atomic mass is 16.6. The van der Waals surface area contributed by atoms with Gasteiger partial charge in [-0.25, -0.2) is 4.79 Å². The van der Waals surface area contributed by atoms with Gasteiger partial charge in [-0.3, -0.25) is 4.79 Å². The monoisotopic (exact) mass is 323 g/mol. The second-order valence-corrected chi connectivity index (χ2v) is 5.25. The molecule has 2 N–H and O–H groups in total. The van der Waals surface area contributed by atoms with Gasteiger partial charge >= 0.3 is 5.69 Å². The third kappa shape index (κ3) is 2.56. The van der Waals surface area contributed by atoms with Crippen molar-refractivity contribution < 1.29 is 14.3 Å². The number of nitrogens with zero attached hydrogens (tertiary/aromatic N) is 1. The van der Waals surface area contributed by atoms with Crippen LogP contribution in [0.15, 0.2) is 47.3 Å². The number of fused-ring (bicyclic) bond motifs is 2. The summed E-state index contributed by atoms with van der Waals surface area (Å²) in [5, 5.41) is 3.31. The number of amides is 1. The van der Waals surface area contributed by atoms with E-state index in [2.05, 4.69) is 15.3 Å². The molecule has 0 saturated heterocycles. The van der Waals surface area contributed by atoms with Crippen molar-refractivity contribution in [2.24, 2.45) is 0 Å². The van der Waals surface area contributed by atoms with Gasteiger partial charge in [0.2, 0.25) is 0 Å². The van der Waals surface area contributed by atoms with Gasteiger partial charge in [-0.15, -0.1) is 0 Å². The lowest BCUT2D eigenvalue weighted by molar-refractivity contribution is 0.102. The lowest BCUT2D eigenvalue weighted by Crippen LogP contribution is -2.21. The van der Waals surface area contributed by atoms with Gasteiger partial charge in [-0.05, 0) is 18.2 Å². The quantitative estimate of drug-likeness (QED) is 0.752. The van der Waals surface area contributed by atoms with E-state index >= 15 is 0 Å². The minimum Gasteiger partial charge on any atom is -0.486 e. The van der Waals surface area contributed by atoms with Gasteiger partial charge < -0.3 is 19.8 Å². The Morgan fingerprint density at radius 2 is 1.88 bits per heavy atom. The zero-order valence-electron chi connectivity index (χ0n) is 12.5. The maximum Gasteiger partial charge on any atom is 0.346 e. The smallest absolute Gasteiger partial charge is 0.346 e. The molecule has 4 rings (SSSR count). The molecule has 2 aromatic carbocycles. The summed E-state index contributed by atoms with van der Waals surface area (Å²) in [6.07, 6.45) is 0. The fourth-order valence-corrected chi connectivity index (χ4v) is 2.59. The molecular formula is C17H13N3O4. The highest BCUT2D eigenvalue weighted by Gasteiger charge is 2.16. The molecule has 0 aliphatic carbocycles. The third-order valence-electron chi connectivity index (χ3n) is 3.65. The molecule has 1 aromatic heterocycles. The van der Waals surface area contributed by atoms with Crippen LogP contribution in [0.3, 0.4) is 0 Å². The number of carbonyl (C=O) groups is 1. The Bertz CT molecular complexity index is 997. The molecule has 0 bridgehead atoms. The van der Waals surface area contributed by atoms with Gasteiger partial charge in [0.1, 0.15) is 18.9 Å². The number of hydrogen-bond acceptors (Lipinski definition) is 5. The Balaban J connectivity index is 1.69. The SMILES string of the molecule is O=C(Nc1ccc2c(c1)OCCO2)c1nc(=O)[nH]c2ccccc12. The molecule has 0 saturated carbocycles. The standard InChI is InChI=1S/C17H13N3O4/c21-16(15-11-3-1-2-4-12(11)19-17(22)20-15)18-10-5-6-13-14(9-10)24-8-7-23-13/h1-6,9H,7-8H2,(H,18,21)(H,19,20,22). The van der Waals surface area contributed by atoms with Gasteiger partial charge in [0.15, 0.2) is 11.5 Å². The molecule has 0 unspecified atom stereocenters. The van der Waals surface area contributed by atoms with Crippen LogP contribution in [0.5, 0.6) is 11.5 Å². The summed E-state index contributed by atoms with van der Waals surface area (Å²) in [6, 6.07) is 12.1. The second-order valence-electron chi connectivity index (χ2n) is 5.25. The van der Waals surface area contributed by atoms with Crippen molar-refractivity contribution in [2.75, 3.05) is 18.5 Å². The molecule has 24 heavy (non-hydrogen) atoms. The summed E-state index contributed by atoms with van der Waals surface area (Å²) in [5.74, 6) is 0.746. The van der Waals surface area contributed by atoms with Gasteiger partial charge in [-0.1, -0.05) is 18.2 Å². The average molecular weight is 323 g/mol. The van der Waals surface area contributed by atoms with Gasteiger partial charge in [0.25, 0.3) is 5.91 Å². The minimum absolute atomic E-state index is 0.0734. The highest BCUT2D eigenvalue weighted by Crippen LogP contribution is 2.32. The Morgan fingerprint density at radius 1 is 1.08 bits per heavy atom. The molecule has 7 nitrogen and oxygen atoms in total. The predicted molar refractivity (Wildman–Crippen MR) is 87.7 cm³/mol. The van der Waals surface area contributed by atoms with Crippen LogP contribution in [0, 0.1) is 0 Å². The predicted octanol–water partition coefficient (Wildman–Crippen LogP) is 1.95. The highest BCUT2D eigenvalue weighted by molar-refractivity contribution is 6.10. The summed E-state index contributed by atoms with van der Waals surface area (Å²) in [4.78, 5) is 30.6. The molecule has 0 radical (unpaired) electrons. The fourth-order valence-electron chi connectivity index (χ4n) is 2.59. The number of benzene rings is 2. The van der Waals surface area contributed by atoms with Crippen LogP contribution >= 0.6 is 0 Å². The largest absolute Gasteiger partial charge is 0.486 e. The van der Waals surface area contributed by atoms with Crippen LogP contribution in [-0.4, -0.2) is 29.1 Å². The number of aromatic amines is 1. The molecule has 0 spiro atoms. The summed E-state index contributed by atoms with van der Waals surface area (Å²) >= 11 is 0. The number of nitrogens with one attached hydrogen (secondary N) is 2. The van der Waals surface area contributed by atoms with Crippen molar-refractivity contribution in [3.8, 4) is 11.5 Å². The minimum atomic E-state index is -0.568. The van der Waals surface area contributed by atoms with Crippen molar-refractivity contribution >= 4 is 22.5 Å². The van der Waals surface area contributed by atoms with Crippen LogP contribution in [0.1, 0.15) is 10.5 Å². The second kappa shape index (κ2) is 5.69. The summed E-state index contributed by atoms with van der Waals surface area (Å²) < 4.78 is 10.9. The van der Waals surface area contributed by atoms with E-state index in [4.69, 9.17) is 9.47 Å². The first kappa shape index (κ1) is 14.3. The zero-order chi connectivity index (χ0) is 16.5. The lowest BCUT2D eigenvalue weighted by Gasteiger charge is -2.19. The number of aromatic nitrogens is 2. The Morgan fingerprint density at radius 3 is 2.75 bits per heavy atom. The number of carbonyl (C=O) groups excluding carboxylic acids is 1. The van der Waals surface area contributed by atoms with Gasteiger partial charge in [0, 0.05) is 17.1 Å². The van der Waals surface area contributed by atoms with E-state index in [1.807, 2.05) is 0 Å². The van der Waals surface area contributed by atoms with Crippen LogP contribution in [0.25, 0.3) is 10.9 Å². The van der Waals surface area contributed by atoms with E-state index in [0.29, 0.717) is 41.3 Å². The normalized spacial score (nSPS) is 12.8. The maximum absolute atomic E-state index is 12.5. The first-order chi connectivity index (χ1) is 11.7. The number of rotatable bonds is 2. The van der Waals surface area contributed by atoms with E-state index < -0.39 is 11.6 Å². The first-order valence-electron chi connectivity index (χ1n) is 7.41. The molecule has 1 aliphatic heterocycles. The van der Waals surface area contributed by atoms with Gasteiger partial charge in [0.05, 0.1) is 5.52 Å². The van der Waals surface area contributed by atoms with E-state index in [0.717, 1.165) is 0 Å². The molecule has 1 amide bonds.